The van der Waals surface area contributed by atoms with Crippen molar-refractivity contribution in [3.05, 3.63) is 24.4 Å². The highest BCUT2D eigenvalue weighted by Gasteiger charge is 2.01. The minimum Gasteiger partial charge on any atom is -0.384 e. The first-order valence-electron chi connectivity index (χ1n) is 4.98. The Morgan fingerprint density at radius 2 is 2.14 bits per heavy atom. The molecule has 0 aliphatic rings. The van der Waals surface area contributed by atoms with E-state index in [0.29, 0.717) is 5.70 Å². The summed E-state index contributed by atoms with van der Waals surface area (Å²) in [6, 6.07) is 0. The summed E-state index contributed by atoms with van der Waals surface area (Å²) in [6.45, 7) is 6.30. The third-order valence-corrected chi connectivity index (χ3v) is 1.89. The largest absolute Gasteiger partial charge is 0.384 e. The summed E-state index contributed by atoms with van der Waals surface area (Å²) in [4.78, 5) is 11.2. The minimum absolute atomic E-state index is 0.112. The van der Waals surface area contributed by atoms with Crippen LogP contribution in [0.5, 0.6) is 0 Å². The Balaban J connectivity index is 3.36. The first kappa shape index (κ1) is 12.8. The molecule has 0 saturated heterocycles. The molecule has 0 aromatic heterocycles. The molecule has 3 nitrogen and oxygen atoms in total. The maximum atomic E-state index is 11.2. The van der Waals surface area contributed by atoms with Gasteiger partial charge in [0.2, 0.25) is 0 Å². The summed E-state index contributed by atoms with van der Waals surface area (Å²) in [5, 5.41) is 5.49. The third kappa shape index (κ3) is 6.29. The van der Waals surface area contributed by atoms with Gasteiger partial charge in [0.05, 0.1) is 5.70 Å². The lowest BCUT2D eigenvalue weighted by Crippen LogP contribution is -2.30. The lowest BCUT2D eigenvalue weighted by Gasteiger charge is -2.05. The summed E-state index contributed by atoms with van der Waals surface area (Å²) >= 11 is 0. The molecule has 3 heteroatoms. The Morgan fingerprint density at radius 1 is 1.43 bits per heavy atom. The number of likely N-dealkylation sites (N-methyl/N-ethyl adjacent to an activating group) is 1. The zero-order valence-electron chi connectivity index (χ0n) is 9.10. The summed E-state index contributed by atoms with van der Waals surface area (Å²) < 4.78 is 0. The Bertz CT molecular complexity index is 209. The SMILES string of the molecule is C=C(NC)C(=O)NCCCC/C=C\C. The summed E-state index contributed by atoms with van der Waals surface area (Å²) in [7, 11) is 1.69. The molecular formula is C11H20N2O. The maximum Gasteiger partial charge on any atom is 0.266 e. The van der Waals surface area contributed by atoms with Crippen LogP contribution < -0.4 is 10.6 Å². The molecule has 0 aromatic rings. The van der Waals surface area contributed by atoms with Crippen LogP contribution in [-0.2, 0) is 4.79 Å². The topological polar surface area (TPSA) is 41.1 Å². The van der Waals surface area contributed by atoms with Crippen molar-refractivity contribution in [3.8, 4) is 0 Å². The molecule has 0 spiro atoms. The fourth-order valence-corrected chi connectivity index (χ4v) is 0.976. The van der Waals surface area contributed by atoms with Crippen molar-refractivity contribution in [2.45, 2.75) is 26.2 Å². The van der Waals surface area contributed by atoms with E-state index in [1.54, 1.807) is 7.05 Å². The Kier molecular flexibility index (Phi) is 7.61. The van der Waals surface area contributed by atoms with E-state index in [0.717, 1.165) is 25.8 Å². The number of allylic oxidation sites excluding steroid dienone is 2. The van der Waals surface area contributed by atoms with Gasteiger partial charge in [0.25, 0.3) is 5.91 Å². The molecule has 80 valence electrons. The van der Waals surface area contributed by atoms with Crippen molar-refractivity contribution in [1.82, 2.24) is 10.6 Å². The molecule has 0 aromatic carbocycles. The van der Waals surface area contributed by atoms with Gasteiger partial charge >= 0.3 is 0 Å². The van der Waals surface area contributed by atoms with E-state index in [9.17, 15) is 4.79 Å². The molecule has 0 unspecified atom stereocenters. The molecule has 0 heterocycles. The average molecular weight is 196 g/mol. The Labute approximate surface area is 86.3 Å². The van der Waals surface area contributed by atoms with Gasteiger partial charge in [-0.1, -0.05) is 18.7 Å². The highest BCUT2D eigenvalue weighted by atomic mass is 16.2. The van der Waals surface area contributed by atoms with Crippen LogP contribution in [0.15, 0.2) is 24.4 Å². The predicted molar refractivity (Wildman–Crippen MR) is 59.9 cm³/mol. The number of hydrogen-bond acceptors (Lipinski definition) is 2. The van der Waals surface area contributed by atoms with Gasteiger partial charge in [-0.2, -0.15) is 0 Å². The second kappa shape index (κ2) is 8.35. The quantitative estimate of drug-likeness (QED) is 0.369. The smallest absolute Gasteiger partial charge is 0.266 e. The molecule has 2 N–H and O–H groups in total. The standard InChI is InChI=1S/C11H20N2O/c1-4-5-6-7-8-9-13-11(14)10(2)12-3/h4-5,12H,2,6-9H2,1,3H3,(H,13,14)/b5-4-. The van der Waals surface area contributed by atoms with E-state index in [1.807, 2.05) is 13.0 Å². The van der Waals surface area contributed by atoms with Crippen molar-refractivity contribution in [3.63, 3.8) is 0 Å². The highest BCUT2D eigenvalue weighted by Crippen LogP contribution is 1.95. The maximum absolute atomic E-state index is 11.2. The van der Waals surface area contributed by atoms with E-state index >= 15 is 0 Å². The van der Waals surface area contributed by atoms with Gasteiger partial charge in [-0.05, 0) is 26.2 Å². The molecule has 0 rings (SSSR count). The summed E-state index contributed by atoms with van der Waals surface area (Å²) in [5.41, 5.74) is 0.415. The molecule has 0 aliphatic carbocycles. The Morgan fingerprint density at radius 3 is 2.71 bits per heavy atom. The fraction of sp³-hybridized carbons (Fsp3) is 0.545. The lowest BCUT2D eigenvalue weighted by molar-refractivity contribution is -0.117. The van der Waals surface area contributed by atoms with Crippen molar-refractivity contribution >= 4 is 5.91 Å². The van der Waals surface area contributed by atoms with Crippen LogP contribution in [0.4, 0.5) is 0 Å². The van der Waals surface area contributed by atoms with Crippen LogP contribution in [0.25, 0.3) is 0 Å². The van der Waals surface area contributed by atoms with E-state index in [-0.39, 0.29) is 5.91 Å². The molecule has 0 aliphatic heterocycles. The predicted octanol–water partition coefficient (Wildman–Crippen LogP) is 1.58. The van der Waals surface area contributed by atoms with Gasteiger partial charge in [-0.3, -0.25) is 4.79 Å². The highest BCUT2D eigenvalue weighted by molar-refractivity contribution is 5.91. The number of carbonyl (C=O) groups excluding carboxylic acids is 1. The van der Waals surface area contributed by atoms with Gasteiger partial charge in [-0.25, -0.2) is 0 Å². The molecule has 0 radical (unpaired) electrons. The van der Waals surface area contributed by atoms with Crippen LogP contribution in [0.2, 0.25) is 0 Å². The Hall–Kier alpha value is -1.25. The first-order valence-corrected chi connectivity index (χ1v) is 4.98. The molecule has 14 heavy (non-hydrogen) atoms. The second-order valence-corrected chi connectivity index (χ2v) is 3.05. The molecule has 0 fully saturated rings. The normalized spacial score (nSPS) is 10.1. The number of carbonyl (C=O) groups is 1. The number of hydrogen-bond donors (Lipinski definition) is 2. The van der Waals surface area contributed by atoms with Crippen molar-refractivity contribution < 1.29 is 4.79 Å². The van der Waals surface area contributed by atoms with Gasteiger partial charge in [0.15, 0.2) is 0 Å². The number of rotatable bonds is 7. The number of unbranched alkanes of at least 4 members (excludes halogenated alkanes) is 2. The van der Waals surface area contributed by atoms with Crippen LogP contribution in [-0.4, -0.2) is 19.5 Å². The first-order chi connectivity index (χ1) is 6.72. The summed E-state index contributed by atoms with van der Waals surface area (Å²) in [6.07, 6.45) is 7.37. The summed E-state index contributed by atoms with van der Waals surface area (Å²) in [5.74, 6) is -0.112. The fourth-order valence-electron chi connectivity index (χ4n) is 0.976. The van der Waals surface area contributed by atoms with Crippen molar-refractivity contribution in [2.75, 3.05) is 13.6 Å². The molecule has 0 saturated carbocycles. The van der Waals surface area contributed by atoms with Gasteiger partial charge in [-0.15, -0.1) is 0 Å². The zero-order chi connectivity index (χ0) is 10.8. The van der Waals surface area contributed by atoms with Gasteiger partial charge in [0, 0.05) is 13.6 Å². The van der Waals surface area contributed by atoms with Gasteiger partial charge in [0.1, 0.15) is 0 Å². The van der Waals surface area contributed by atoms with Crippen LogP contribution >= 0.6 is 0 Å². The van der Waals surface area contributed by atoms with Crippen LogP contribution in [0.1, 0.15) is 26.2 Å². The lowest BCUT2D eigenvalue weighted by atomic mass is 10.2. The van der Waals surface area contributed by atoms with E-state index in [4.69, 9.17) is 0 Å². The van der Waals surface area contributed by atoms with E-state index in [2.05, 4.69) is 23.3 Å². The third-order valence-electron chi connectivity index (χ3n) is 1.89. The minimum atomic E-state index is -0.112. The van der Waals surface area contributed by atoms with Crippen LogP contribution in [0, 0.1) is 0 Å². The molecule has 0 atom stereocenters. The molecule has 1 amide bonds. The van der Waals surface area contributed by atoms with E-state index in [1.165, 1.54) is 0 Å². The van der Waals surface area contributed by atoms with Crippen LogP contribution in [0.3, 0.4) is 0 Å². The zero-order valence-corrected chi connectivity index (χ0v) is 9.10. The molecule has 0 bridgehead atoms. The number of nitrogens with one attached hydrogen (secondary N) is 2. The van der Waals surface area contributed by atoms with Crippen molar-refractivity contribution in [2.24, 2.45) is 0 Å². The molecular weight excluding hydrogens is 176 g/mol. The van der Waals surface area contributed by atoms with Crippen molar-refractivity contribution in [1.29, 1.82) is 0 Å². The monoisotopic (exact) mass is 196 g/mol. The van der Waals surface area contributed by atoms with Gasteiger partial charge < -0.3 is 10.6 Å². The second-order valence-electron chi connectivity index (χ2n) is 3.05. The average Bonchev–Trinajstić information content (AvgIpc) is 2.21. The van der Waals surface area contributed by atoms with E-state index < -0.39 is 0 Å². The number of amides is 1.